The molecule has 8 heteroatoms. The van der Waals surface area contributed by atoms with Crippen LogP contribution in [0.3, 0.4) is 0 Å². The molecule has 0 aliphatic carbocycles. The number of benzene rings is 3. The molecule has 0 atom stereocenters. The molecule has 0 fully saturated rings. The van der Waals surface area contributed by atoms with Crippen molar-refractivity contribution in [1.29, 1.82) is 0 Å². The van der Waals surface area contributed by atoms with E-state index in [1.54, 1.807) is 42.5 Å². The Hall–Kier alpha value is -3.71. The van der Waals surface area contributed by atoms with Gasteiger partial charge in [-0.15, -0.1) is 0 Å². The summed E-state index contributed by atoms with van der Waals surface area (Å²) in [7, 11) is 4.50. The van der Waals surface area contributed by atoms with Crippen LogP contribution in [0, 0.1) is 0 Å². The average molecular weight is 439 g/mol. The number of rotatable bonds is 6. The number of hydrogen-bond donors (Lipinski definition) is 1. The Labute approximate surface area is 183 Å². The minimum absolute atomic E-state index is 0.333. The van der Waals surface area contributed by atoms with Gasteiger partial charge < -0.3 is 23.9 Å². The molecule has 7 nitrogen and oxygen atoms in total. The molecular formula is C23H19ClN2O5. The van der Waals surface area contributed by atoms with Crippen LogP contribution in [0.25, 0.3) is 22.6 Å². The summed E-state index contributed by atoms with van der Waals surface area (Å²) in [5.74, 6) is 1.35. The molecule has 3 aromatic carbocycles. The number of nitrogens with one attached hydrogen (secondary N) is 1. The van der Waals surface area contributed by atoms with Crippen molar-refractivity contribution in [2.75, 3.05) is 26.6 Å². The lowest BCUT2D eigenvalue weighted by molar-refractivity contribution is 0.102. The second-order valence-corrected chi connectivity index (χ2v) is 7.01. The summed E-state index contributed by atoms with van der Waals surface area (Å²) in [4.78, 5) is 17.3. The van der Waals surface area contributed by atoms with Crippen molar-refractivity contribution in [2.45, 2.75) is 0 Å². The Morgan fingerprint density at radius 2 is 1.61 bits per heavy atom. The van der Waals surface area contributed by atoms with E-state index >= 15 is 0 Å². The molecular weight excluding hydrogens is 420 g/mol. The molecule has 0 aliphatic rings. The van der Waals surface area contributed by atoms with Gasteiger partial charge in [-0.05, 0) is 54.6 Å². The SMILES string of the molecule is COc1cc(C(=O)Nc2ccc3oc(-c4ccc(Cl)cc4)nc3c2)cc(OC)c1OC. The molecule has 1 amide bonds. The van der Waals surface area contributed by atoms with E-state index in [0.29, 0.717) is 50.5 Å². The van der Waals surface area contributed by atoms with Crippen LogP contribution in [0.2, 0.25) is 5.02 Å². The fourth-order valence-corrected chi connectivity index (χ4v) is 3.26. The van der Waals surface area contributed by atoms with Crippen molar-refractivity contribution >= 4 is 34.3 Å². The summed E-state index contributed by atoms with van der Waals surface area (Å²) >= 11 is 5.94. The maximum absolute atomic E-state index is 12.8. The summed E-state index contributed by atoms with van der Waals surface area (Å²) in [6.07, 6.45) is 0. The Morgan fingerprint density at radius 3 is 2.23 bits per heavy atom. The maximum Gasteiger partial charge on any atom is 0.255 e. The molecule has 0 unspecified atom stereocenters. The van der Waals surface area contributed by atoms with E-state index in [4.69, 9.17) is 30.2 Å². The molecule has 0 spiro atoms. The average Bonchev–Trinajstić information content (AvgIpc) is 3.21. The minimum Gasteiger partial charge on any atom is -0.493 e. The van der Waals surface area contributed by atoms with Crippen LogP contribution in [-0.4, -0.2) is 32.2 Å². The van der Waals surface area contributed by atoms with E-state index in [1.165, 1.54) is 21.3 Å². The molecule has 1 N–H and O–H groups in total. The zero-order valence-corrected chi connectivity index (χ0v) is 17.8. The van der Waals surface area contributed by atoms with E-state index in [0.717, 1.165) is 5.56 Å². The van der Waals surface area contributed by atoms with Crippen LogP contribution in [0.5, 0.6) is 17.2 Å². The highest BCUT2D eigenvalue weighted by Crippen LogP contribution is 2.38. The Kier molecular flexibility index (Phi) is 5.68. The first-order chi connectivity index (χ1) is 15.0. The summed E-state index contributed by atoms with van der Waals surface area (Å²) in [5.41, 5.74) is 2.96. The van der Waals surface area contributed by atoms with Gasteiger partial charge in [0.05, 0.1) is 21.3 Å². The lowest BCUT2D eigenvalue weighted by Crippen LogP contribution is -2.12. The Bertz CT molecular complexity index is 1230. The van der Waals surface area contributed by atoms with Gasteiger partial charge in [-0.25, -0.2) is 4.98 Å². The Morgan fingerprint density at radius 1 is 0.935 bits per heavy atom. The zero-order valence-electron chi connectivity index (χ0n) is 17.1. The number of halogens is 1. The van der Waals surface area contributed by atoms with Crippen molar-refractivity contribution < 1.29 is 23.4 Å². The number of anilines is 1. The van der Waals surface area contributed by atoms with E-state index in [2.05, 4.69) is 10.3 Å². The lowest BCUT2D eigenvalue weighted by Gasteiger charge is -2.14. The van der Waals surface area contributed by atoms with Gasteiger partial charge in [-0.1, -0.05) is 11.6 Å². The third kappa shape index (κ3) is 4.13. The number of hydrogen-bond acceptors (Lipinski definition) is 6. The normalized spacial score (nSPS) is 10.7. The largest absolute Gasteiger partial charge is 0.493 e. The van der Waals surface area contributed by atoms with Gasteiger partial charge in [-0.3, -0.25) is 4.79 Å². The molecule has 4 rings (SSSR count). The zero-order chi connectivity index (χ0) is 22.0. The van der Waals surface area contributed by atoms with Crippen molar-refractivity contribution in [1.82, 2.24) is 4.98 Å². The molecule has 0 aliphatic heterocycles. The molecule has 0 radical (unpaired) electrons. The summed E-state index contributed by atoms with van der Waals surface area (Å²) in [6.45, 7) is 0. The van der Waals surface area contributed by atoms with Gasteiger partial charge in [-0.2, -0.15) is 0 Å². The number of nitrogens with zero attached hydrogens (tertiary/aromatic N) is 1. The van der Waals surface area contributed by atoms with E-state index < -0.39 is 0 Å². The van der Waals surface area contributed by atoms with Crippen LogP contribution in [0.1, 0.15) is 10.4 Å². The van der Waals surface area contributed by atoms with E-state index in [1.807, 2.05) is 12.1 Å². The molecule has 31 heavy (non-hydrogen) atoms. The highest BCUT2D eigenvalue weighted by molar-refractivity contribution is 6.30. The monoisotopic (exact) mass is 438 g/mol. The summed E-state index contributed by atoms with van der Waals surface area (Å²) in [5, 5.41) is 3.49. The number of carbonyl (C=O) groups excluding carboxylic acids is 1. The number of methoxy groups -OCH3 is 3. The van der Waals surface area contributed by atoms with Crippen LogP contribution in [-0.2, 0) is 0 Å². The third-order valence-electron chi connectivity index (χ3n) is 4.66. The van der Waals surface area contributed by atoms with Gasteiger partial charge in [0.2, 0.25) is 11.6 Å². The first kappa shape index (κ1) is 20.6. The van der Waals surface area contributed by atoms with Crippen LogP contribution in [0.4, 0.5) is 5.69 Å². The number of ether oxygens (including phenoxy) is 3. The van der Waals surface area contributed by atoms with Gasteiger partial charge in [0.25, 0.3) is 5.91 Å². The van der Waals surface area contributed by atoms with E-state index in [-0.39, 0.29) is 5.91 Å². The van der Waals surface area contributed by atoms with Crippen molar-refractivity contribution in [3.8, 4) is 28.7 Å². The van der Waals surface area contributed by atoms with Gasteiger partial charge in [0.15, 0.2) is 17.1 Å². The van der Waals surface area contributed by atoms with E-state index in [9.17, 15) is 4.79 Å². The quantitative estimate of drug-likeness (QED) is 0.432. The Balaban J connectivity index is 1.61. The molecule has 0 saturated heterocycles. The van der Waals surface area contributed by atoms with Gasteiger partial charge >= 0.3 is 0 Å². The second-order valence-electron chi connectivity index (χ2n) is 6.58. The fraction of sp³-hybridized carbons (Fsp3) is 0.130. The predicted molar refractivity (Wildman–Crippen MR) is 119 cm³/mol. The number of carbonyl (C=O) groups is 1. The first-order valence-corrected chi connectivity index (χ1v) is 9.68. The van der Waals surface area contributed by atoms with Crippen LogP contribution >= 0.6 is 11.6 Å². The van der Waals surface area contributed by atoms with Crippen LogP contribution in [0.15, 0.2) is 59.0 Å². The number of aromatic nitrogens is 1. The highest BCUT2D eigenvalue weighted by Gasteiger charge is 2.17. The maximum atomic E-state index is 12.8. The topological polar surface area (TPSA) is 82.8 Å². The van der Waals surface area contributed by atoms with Crippen molar-refractivity contribution in [3.63, 3.8) is 0 Å². The molecule has 158 valence electrons. The van der Waals surface area contributed by atoms with Gasteiger partial charge in [0, 0.05) is 21.8 Å². The first-order valence-electron chi connectivity index (χ1n) is 9.30. The van der Waals surface area contributed by atoms with Gasteiger partial charge in [0.1, 0.15) is 5.52 Å². The minimum atomic E-state index is -0.333. The predicted octanol–water partition coefficient (Wildman–Crippen LogP) is 5.43. The molecule has 1 aromatic heterocycles. The smallest absolute Gasteiger partial charge is 0.255 e. The second kappa shape index (κ2) is 8.57. The number of amides is 1. The van der Waals surface area contributed by atoms with Crippen LogP contribution < -0.4 is 19.5 Å². The van der Waals surface area contributed by atoms with Crippen molar-refractivity contribution in [2.24, 2.45) is 0 Å². The molecule has 0 bridgehead atoms. The molecule has 4 aromatic rings. The summed E-state index contributed by atoms with van der Waals surface area (Å²) in [6, 6.07) is 15.6. The van der Waals surface area contributed by atoms with Crippen molar-refractivity contribution in [3.05, 3.63) is 65.2 Å². The lowest BCUT2D eigenvalue weighted by atomic mass is 10.1. The summed E-state index contributed by atoms with van der Waals surface area (Å²) < 4.78 is 21.7. The highest BCUT2D eigenvalue weighted by atomic mass is 35.5. The third-order valence-corrected chi connectivity index (χ3v) is 4.92. The fourth-order valence-electron chi connectivity index (χ4n) is 3.14. The number of fused-ring (bicyclic) bond motifs is 1. The molecule has 0 saturated carbocycles. The number of oxazole rings is 1. The standard InChI is InChI=1S/C23H19ClN2O5/c1-28-19-10-14(11-20(29-2)21(19)30-3)22(27)25-16-8-9-18-17(12-16)26-23(31-18)13-4-6-15(24)7-5-13/h4-12H,1-3H3,(H,25,27). The molecule has 1 heterocycles.